The van der Waals surface area contributed by atoms with Gasteiger partial charge in [0, 0.05) is 6.20 Å². The Morgan fingerprint density at radius 2 is 2.37 bits per heavy atom. The number of carbonyl (C=O) groups excluding carboxylic acids is 2. The third kappa shape index (κ3) is 2.73. The van der Waals surface area contributed by atoms with Gasteiger partial charge in [0.1, 0.15) is 0 Å². The first-order chi connectivity index (χ1) is 9.02. The van der Waals surface area contributed by atoms with Crippen LogP contribution >= 0.6 is 0 Å². The minimum absolute atomic E-state index is 0.100. The van der Waals surface area contributed by atoms with Crippen LogP contribution in [0.15, 0.2) is 12.3 Å². The lowest BCUT2D eigenvalue weighted by atomic mass is 10.2. The molecule has 1 saturated heterocycles. The number of pyridine rings is 1. The van der Waals surface area contributed by atoms with Gasteiger partial charge in [-0.05, 0) is 19.9 Å². The molecule has 1 amide bonds. The van der Waals surface area contributed by atoms with Crippen molar-refractivity contribution in [3.8, 4) is 0 Å². The summed E-state index contributed by atoms with van der Waals surface area (Å²) in [5, 5.41) is 9.51. The van der Waals surface area contributed by atoms with Crippen LogP contribution < -0.4 is 4.90 Å². The van der Waals surface area contributed by atoms with Gasteiger partial charge in [-0.1, -0.05) is 0 Å². The number of rotatable bonds is 3. The lowest BCUT2D eigenvalue weighted by Gasteiger charge is -2.18. The van der Waals surface area contributed by atoms with E-state index in [1.165, 1.54) is 11.1 Å². The van der Waals surface area contributed by atoms with Gasteiger partial charge in [0.2, 0.25) is 5.91 Å². The van der Waals surface area contributed by atoms with E-state index < -0.39 is 12.1 Å². The zero-order valence-electron chi connectivity index (χ0n) is 10.9. The van der Waals surface area contributed by atoms with Crippen LogP contribution in [-0.2, 0) is 9.53 Å². The molecule has 1 atom stereocenters. The van der Waals surface area contributed by atoms with Crippen LogP contribution in [0.2, 0.25) is 0 Å². The molecule has 0 aliphatic carbocycles. The molecule has 1 unspecified atom stereocenters. The summed E-state index contributed by atoms with van der Waals surface area (Å²) in [4.78, 5) is 29.0. The lowest BCUT2D eigenvalue weighted by molar-refractivity contribution is -0.117. The lowest BCUT2D eigenvalue weighted by Crippen LogP contribution is -2.26. The highest BCUT2D eigenvalue weighted by molar-refractivity contribution is 5.98. The monoisotopic (exact) mass is 264 g/mol. The normalized spacial score (nSPS) is 18.8. The topological polar surface area (TPSA) is 79.7 Å². The molecule has 1 fully saturated rings. The van der Waals surface area contributed by atoms with Gasteiger partial charge in [0.15, 0.2) is 0 Å². The quantitative estimate of drug-likeness (QED) is 0.811. The molecular formula is C13H16N2O4. The maximum absolute atomic E-state index is 11.8. The van der Waals surface area contributed by atoms with Crippen molar-refractivity contribution in [2.24, 2.45) is 0 Å². The number of ether oxygens (including phenoxy) is 1. The molecule has 2 rings (SSSR count). The summed E-state index contributed by atoms with van der Waals surface area (Å²) in [5.41, 5.74) is 1.49. The summed E-state index contributed by atoms with van der Waals surface area (Å²) < 4.78 is 4.90. The Morgan fingerprint density at radius 1 is 1.63 bits per heavy atom. The molecule has 1 aromatic heterocycles. The van der Waals surface area contributed by atoms with E-state index in [2.05, 4.69) is 4.98 Å². The number of esters is 1. The SMILES string of the molecule is CCOC(=O)c1cnc(C)c(N2CC(O)CC2=O)c1. The number of aryl methyl sites for hydroxylation is 1. The third-order valence-corrected chi connectivity index (χ3v) is 2.97. The van der Waals surface area contributed by atoms with Crippen LogP contribution in [0.1, 0.15) is 29.4 Å². The van der Waals surface area contributed by atoms with Crippen molar-refractivity contribution in [3.63, 3.8) is 0 Å². The van der Waals surface area contributed by atoms with E-state index in [1.54, 1.807) is 19.9 Å². The van der Waals surface area contributed by atoms with Gasteiger partial charge < -0.3 is 14.7 Å². The summed E-state index contributed by atoms with van der Waals surface area (Å²) in [6.07, 6.45) is 0.856. The number of aromatic nitrogens is 1. The van der Waals surface area contributed by atoms with Gasteiger partial charge >= 0.3 is 5.97 Å². The number of hydrogen-bond acceptors (Lipinski definition) is 5. The van der Waals surface area contributed by atoms with Crippen molar-refractivity contribution < 1.29 is 19.4 Å². The Labute approximate surface area is 111 Å². The van der Waals surface area contributed by atoms with E-state index in [9.17, 15) is 14.7 Å². The third-order valence-electron chi connectivity index (χ3n) is 2.97. The molecule has 0 saturated carbocycles. The number of aliphatic hydroxyl groups is 1. The Bertz CT molecular complexity index is 515. The number of carbonyl (C=O) groups is 2. The van der Waals surface area contributed by atoms with Gasteiger partial charge in [-0.3, -0.25) is 9.78 Å². The molecule has 0 radical (unpaired) electrons. The van der Waals surface area contributed by atoms with Crippen molar-refractivity contribution in [1.82, 2.24) is 4.98 Å². The first kappa shape index (κ1) is 13.5. The van der Waals surface area contributed by atoms with E-state index in [0.29, 0.717) is 16.9 Å². The second-order valence-corrected chi connectivity index (χ2v) is 4.41. The number of amides is 1. The van der Waals surface area contributed by atoms with Crippen LogP contribution in [0.25, 0.3) is 0 Å². The zero-order valence-corrected chi connectivity index (χ0v) is 10.9. The highest BCUT2D eigenvalue weighted by Gasteiger charge is 2.30. The molecular weight excluding hydrogens is 248 g/mol. The van der Waals surface area contributed by atoms with Crippen LogP contribution in [-0.4, -0.2) is 41.2 Å². The van der Waals surface area contributed by atoms with Gasteiger partial charge in [-0.25, -0.2) is 4.79 Å². The van der Waals surface area contributed by atoms with E-state index in [-0.39, 0.29) is 25.5 Å². The minimum Gasteiger partial charge on any atom is -0.462 e. The first-order valence-electron chi connectivity index (χ1n) is 6.15. The summed E-state index contributed by atoms with van der Waals surface area (Å²) >= 11 is 0. The Kier molecular flexibility index (Phi) is 3.80. The van der Waals surface area contributed by atoms with Crippen molar-refractivity contribution >= 4 is 17.6 Å². The molecule has 0 bridgehead atoms. The molecule has 0 spiro atoms. The molecule has 19 heavy (non-hydrogen) atoms. The second kappa shape index (κ2) is 5.36. The van der Waals surface area contributed by atoms with E-state index in [0.717, 1.165) is 0 Å². The fourth-order valence-corrected chi connectivity index (χ4v) is 2.04. The average molecular weight is 264 g/mol. The maximum Gasteiger partial charge on any atom is 0.339 e. The van der Waals surface area contributed by atoms with Crippen LogP contribution in [0.4, 0.5) is 5.69 Å². The van der Waals surface area contributed by atoms with Gasteiger partial charge in [0.05, 0.1) is 42.6 Å². The Morgan fingerprint density at radius 3 is 2.95 bits per heavy atom. The predicted octanol–water partition coefficient (Wildman–Crippen LogP) is 0.664. The Hall–Kier alpha value is -1.95. The molecule has 6 heteroatoms. The van der Waals surface area contributed by atoms with Gasteiger partial charge in [-0.2, -0.15) is 0 Å². The highest BCUT2D eigenvalue weighted by Crippen LogP contribution is 2.25. The summed E-state index contributed by atoms with van der Waals surface area (Å²) in [5.74, 6) is -0.637. The second-order valence-electron chi connectivity index (χ2n) is 4.41. The molecule has 102 valence electrons. The number of nitrogens with zero attached hydrogens (tertiary/aromatic N) is 2. The zero-order chi connectivity index (χ0) is 14.0. The van der Waals surface area contributed by atoms with Crippen LogP contribution in [0.5, 0.6) is 0 Å². The number of aliphatic hydroxyl groups excluding tert-OH is 1. The molecule has 1 aliphatic rings. The largest absolute Gasteiger partial charge is 0.462 e. The molecule has 1 aliphatic heterocycles. The molecule has 0 aromatic carbocycles. The van der Waals surface area contributed by atoms with Crippen molar-refractivity contribution in [2.45, 2.75) is 26.4 Å². The van der Waals surface area contributed by atoms with Crippen LogP contribution in [0.3, 0.4) is 0 Å². The maximum atomic E-state index is 11.8. The molecule has 6 nitrogen and oxygen atoms in total. The number of hydrogen-bond donors (Lipinski definition) is 1. The smallest absolute Gasteiger partial charge is 0.339 e. The van der Waals surface area contributed by atoms with Gasteiger partial charge in [0.25, 0.3) is 0 Å². The van der Waals surface area contributed by atoms with E-state index in [1.807, 2.05) is 0 Å². The summed E-state index contributed by atoms with van der Waals surface area (Å²) in [6.45, 7) is 3.99. The molecule has 1 N–H and O–H groups in total. The fourth-order valence-electron chi connectivity index (χ4n) is 2.04. The average Bonchev–Trinajstić information content (AvgIpc) is 2.69. The molecule has 2 heterocycles. The first-order valence-corrected chi connectivity index (χ1v) is 6.15. The Balaban J connectivity index is 2.32. The van der Waals surface area contributed by atoms with Gasteiger partial charge in [-0.15, -0.1) is 0 Å². The van der Waals surface area contributed by atoms with Crippen molar-refractivity contribution in [1.29, 1.82) is 0 Å². The van der Waals surface area contributed by atoms with Crippen molar-refractivity contribution in [3.05, 3.63) is 23.5 Å². The molecule has 1 aromatic rings. The number of β-amino-alcohol motifs (C(OH)–C–C–N with tert-alkyl or cyclic N) is 1. The highest BCUT2D eigenvalue weighted by atomic mass is 16.5. The minimum atomic E-state index is -0.668. The van der Waals surface area contributed by atoms with Crippen molar-refractivity contribution in [2.75, 3.05) is 18.1 Å². The standard InChI is InChI=1S/C13H16N2O4/c1-3-19-13(18)9-4-11(8(2)14-6-9)15-7-10(16)5-12(15)17/h4,6,10,16H,3,5,7H2,1-2H3. The summed E-state index contributed by atoms with van der Waals surface area (Å²) in [7, 11) is 0. The fraction of sp³-hybridized carbons (Fsp3) is 0.462. The van der Waals surface area contributed by atoms with Crippen LogP contribution in [0, 0.1) is 6.92 Å². The van der Waals surface area contributed by atoms with E-state index >= 15 is 0 Å². The summed E-state index contributed by atoms with van der Waals surface area (Å²) in [6, 6.07) is 1.58. The predicted molar refractivity (Wildman–Crippen MR) is 67.9 cm³/mol. The number of anilines is 1. The van der Waals surface area contributed by atoms with E-state index in [4.69, 9.17) is 4.74 Å².